The summed E-state index contributed by atoms with van der Waals surface area (Å²) in [5, 5.41) is 0. The zero-order chi connectivity index (χ0) is 17.6. The van der Waals surface area contributed by atoms with Gasteiger partial charge in [-0.25, -0.2) is 0 Å². The van der Waals surface area contributed by atoms with E-state index in [-0.39, 0.29) is 29.7 Å². The van der Waals surface area contributed by atoms with Gasteiger partial charge in [0.25, 0.3) is 0 Å². The number of likely N-dealkylation sites (N-methyl/N-ethyl adjacent to an activating group) is 1. The predicted molar refractivity (Wildman–Crippen MR) is 93.9 cm³/mol. The second kappa shape index (κ2) is 6.67. The maximum atomic E-state index is 12.6. The van der Waals surface area contributed by atoms with Gasteiger partial charge in [0.2, 0.25) is 0 Å². The van der Waals surface area contributed by atoms with Crippen LogP contribution in [0.25, 0.3) is 0 Å². The van der Waals surface area contributed by atoms with Gasteiger partial charge in [0.05, 0.1) is 19.1 Å². The van der Waals surface area contributed by atoms with Gasteiger partial charge in [0, 0.05) is 19.0 Å². The summed E-state index contributed by atoms with van der Waals surface area (Å²) in [6.45, 7) is 7.44. The Kier molecular flexibility index (Phi) is 4.67. The van der Waals surface area contributed by atoms with Crippen LogP contribution in [0.5, 0.6) is 0 Å². The molecule has 2 aliphatic carbocycles. The molecule has 2 aliphatic heterocycles. The van der Waals surface area contributed by atoms with Crippen LogP contribution in [-0.4, -0.2) is 56.6 Å². The summed E-state index contributed by atoms with van der Waals surface area (Å²) in [4.78, 5) is 14.7. The third kappa shape index (κ3) is 3.26. The molecule has 1 saturated carbocycles. The molecule has 2 heterocycles. The number of ether oxygens (including phenoxy) is 3. The van der Waals surface area contributed by atoms with Gasteiger partial charge in [-0.3, -0.25) is 4.79 Å². The Morgan fingerprint density at radius 1 is 1.24 bits per heavy atom. The van der Waals surface area contributed by atoms with Crippen molar-refractivity contribution in [2.24, 2.45) is 17.3 Å². The largest absolute Gasteiger partial charge is 0.462 e. The molecule has 0 aromatic heterocycles. The first-order chi connectivity index (χ1) is 12.0. The number of fused-ring (bicyclic) bond motifs is 2. The Hall–Kier alpha value is -0.910. The number of hydrogen-bond donors (Lipinski definition) is 0. The Labute approximate surface area is 150 Å². The number of carbonyl (C=O) groups is 1. The Morgan fingerprint density at radius 3 is 2.76 bits per heavy atom. The van der Waals surface area contributed by atoms with E-state index in [2.05, 4.69) is 18.7 Å². The second-order valence-corrected chi connectivity index (χ2v) is 8.72. The third-order valence-electron chi connectivity index (χ3n) is 6.84. The van der Waals surface area contributed by atoms with Crippen LogP contribution in [-0.2, 0) is 19.0 Å². The summed E-state index contributed by atoms with van der Waals surface area (Å²) < 4.78 is 16.9. The highest BCUT2D eigenvalue weighted by Gasteiger charge is 2.53. The number of esters is 1. The van der Waals surface area contributed by atoms with Gasteiger partial charge in [0.1, 0.15) is 6.10 Å². The smallest absolute Gasteiger partial charge is 0.310 e. The zero-order valence-electron chi connectivity index (χ0n) is 15.8. The minimum absolute atomic E-state index is 0.00407. The maximum absolute atomic E-state index is 12.6. The van der Waals surface area contributed by atoms with Crippen molar-refractivity contribution in [3.8, 4) is 0 Å². The highest BCUT2D eigenvalue weighted by atomic mass is 16.7. The normalized spacial score (nSPS) is 38.9. The summed E-state index contributed by atoms with van der Waals surface area (Å²) in [7, 11) is 2.05. The van der Waals surface area contributed by atoms with Crippen LogP contribution in [0, 0.1) is 17.3 Å². The van der Waals surface area contributed by atoms with Crippen LogP contribution < -0.4 is 0 Å². The molecule has 0 aromatic rings. The summed E-state index contributed by atoms with van der Waals surface area (Å²) in [6, 6.07) is 0. The van der Waals surface area contributed by atoms with Crippen LogP contribution in [0.15, 0.2) is 11.1 Å². The van der Waals surface area contributed by atoms with E-state index in [1.807, 2.05) is 7.05 Å². The van der Waals surface area contributed by atoms with Crippen LogP contribution >= 0.6 is 0 Å². The fraction of sp³-hybridized carbons (Fsp3) is 0.850. The van der Waals surface area contributed by atoms with Crippen molar-refractivity contribution < 1.29 is 19.0 Å². The van der Waals surface area contributed by atoms with Crippen LogP contribution in [0.2, 0.25) is 0 Å². The van der Waals surface area contributed by atoms with Gasteiger partial charge in [-0.1, -0.05) is 18.1 Å². The lowest BCUT2D eigenvalue weighted by atomic mass is 9.59. The number of hydrogen-bond acceptors (Lipinski definition) is 5. The molecular weight excluding hydrogens is 318 g/mol. The molecule has 2 saturated heterocycles. The molecule has 5 nitrogen and oxygen atoms in total. The van der Waals surface area contributed by atoms with E-state index >= 15 is 0 Å². The lowest BCUT2D eigenvalue weighted by molar-refractivity contribution is -0.145. The molecule has 0 radical (unpaired) electrons. The standard InChI is InChI=1S/C20H31NO4/c1-13-5-4-6-20(2)10-17-14(9-16(13)20)15(19(22)25-17)11-21(3)12-18-23-7-8-24-18/h14-15,17-18H,4-12H2,1-3H3. The second-order valence-electron chi connectivity index (χ2n) is 8.72. The molecule has 0 aromatic carbocycles. The summed E-state index contributed by atoms with van der Waals surface area (Å²) in [5.74, 6) is 0.301. The van der Waals surface area contributed by atoms with Crippen molar-refractivity contribution in [3.63, 3.8) is 0 Å². The molecule has 4 aliphatic rings. The van der Waals surface area contributed by atoms with Gasteiger partial charge in [-0.05, 0) is 51.5 Å². The zero-order valence-corrected chi connectivity index (χ0v) is 15.8. The fourth-order valence-electron chi connectivity index (χ4n) is 5.50. The SMILES string of the molecule is CC1=C2CC3C(CC2(C)CCC1)OC(=O)C3CN(C)CC1OCCO1. The Morgan fingerprint density at radius 2 is 2.00 bits per heavy atom. The monoisotopic (exact) mass is 349 g/mol. The molecule has 4 atom stereocenters. The number of rotatable bonds is 4. The van der Waals surface area contributed by atoms with E-state index in [1.54, 1.807) is 11.1 Å². The van der Waals surface area contributed by atoms with Gasteiger partial charge in [0.15, 0.2) is 6.29 Å². The average molecular weight is 349 g/mol. The topological polar surface area (TPSA) is 48.0 Å². The Bertz CT molecular complexity index is 568. The van der Waals surface area contributed by atoms with Crippen molar-refractivity contribution >= 4 is 5.97 Å². The number of allylic oxidation sites excluding steroid dienone is 2. The van der Waals surface area contributed by atoms with Crippen molar-refractivity contribution in [2.45, 2.75) is 58.3 Å². The van der Waals surface area contributed by atoms with Gasteiger partial charge < -0.3 is 19.1 Å². The van der Waals surface area contributed by atoms with Gasteiger partial charge in [-0.15, -0.1) is 0 Å². The van der Waals surface area contributed by atoms with Crippen LogP contribution in [0.1, 0.15) is 46.0 Å². The van der Waals surface area contributed by atoms with Crippen molar-refractivity contribution in [1.29, 1.82) is 0 Å². The predicted octanol–water partition coefficient (Wildman–Crippen LogP) is 2.75. The minimum atomic E-state index is -0.156. The minimum Gasteiger partial charge on any atom is -0.462 e. The maximum Gasteiger partial charge on any atom is 0.310 e. The average Bonchev–Trinajstić information content (AvgIpc) is 3.14. The molecule has 140 valence electrons. The van der Waals surface area contributed by atoms with Gasteiger partial charge in [-0.2, -0.15) is 0 Å². The lowest BCUT2D eigenvalue weighted by Gasteiger charge is -2.45. The first kappa shape index (κ1) is 17.5. The number of carbonyl (C=O) groups excluding carboxylic acids is 1. The first-order valence-corrected chi connectivity index (χ1v) is 9.77. The molecule has 0 amide bonds. The summed E-state index contributed by atoms with van der Waals surface area (Å²) in [5.41, 5.74) is 3.43. The molecule has 0 N–H and O–H groups in total. The molecule has 5 heteroatoms. The molecule has 4 unspecified atom stereocenters. The molecule has 0 spiro atoms. The van der Waals surface area contributed by atoms with E-state index in [0.717, 1.165) is 19.4 Å². The van der Waals surface area contributed by atoms with Crippen molar-refractivity contribution in [1.82, 2.24) is 4.90 Å². The third-order valence-corrected chi connectivity index (χ3v) is 6.84. The molecule has 3 fully saturated rings. The van der Waals surface area contributed by atoms with E-state index < -0.39 is 0 Å². The molecule has 0 bridgehead atoms. The van der Waals surface area contributed by atoms with E-state index in [9.17, 15) is 4.79 Å². The van der Waals surface area contributed by atoms with Crippen LogP contribution in [0.3, 0.4) is 0 Å². The highest BCUT2D eigenvalue weighted by Crippen LogP contribution is 2.55. The molecule has 25 heavy (non-hydrogen) atoms. The number of nitrogens with zero attached hydrogens (tertiary/aromatic N) is 1. The van der Waals surface area contributed by atoms with Gasteiger partial charge >= 0.3 is 5.97 Å². The van der Waals surface area contributed by atoms with E-state index in [4.69, 9.17) is 14.2 Å². The molecule has 4 rings (SSSR count). The van der Waals surface area contributed by atoms with Crippen molar-refractivity contribution in [2.75, 3.05) is 33.4 Å². The van der Waals surface area contributed by atoms with Crippen LogP contribution in [0.4, 0.5) is 0 Å². The fourth-order valence-corrected chi connectivity index (χ4v) is 5.50. The lowest BCUT2D eigenvalue weighted by Crippen LogP contribution is -2.42. The van der Waals surface area contributed by atoms with E-state index in [1.165, 1.54) is 19.3 Å². The Balaban J connectivity index is 1.46. The first-order valence-electron chi connectivity index (χ1n) is 9.77. The quantitative estimate of drug-likeness (QED) is 0.577. The van der Waals surface area contributed by atoms with E-state index in [0.29, 0.717) is 25.7 Å². The summed E-state index contributed by atoms with van der Waals surface area (Å²) >= 11 is 0. The molecular formula is C20H31NO4. The summed E-state index contributed by atoms with van der Waals surface area (Å²) in [6.07, 6.45) is 5.71. The van der Waals surface area contributed by atoms with Crippen molar-refractivity contribution in [3.05, 3.63) is 11.1 Å². The highest BCUT2D eigenvalue weighted by molar-refractivity contribution is 5.76.